The molecular weight excluding hydrogens is 264 g/mol. The first kappa shape index (κ1) is 14.0. The molecule has 0 unspecified atom stereocenters. The van der Waals surface area contributed by atoms with Crippen LogP contribution in [0.3, 0.4) is 0 Å². The second-order valence-electron chi connectivity index (χ2n) is 4.74. The standard InChI is InChI=1S/C12H16N4O4/c17-9(7-4-2-1-3-5-7)16-13-6-8-10(18)14-12(20)15-11(8)19/h6-7H,1-5H2,(H,16,17)(H3,14,15,18,19,20). The summed E-state index contributed by atoms with van der Waals surface area (Å²) in [4.78, 5) is 38.0. The van der Waals surface area contributed by atoms with Crippen LogP contribution in [0, 0.1) is 5.92 Å². The quantitative estimate of drug-likeness (QED) is 0.451. The number of H-pyrrole nitrogens is 2. The Morgan fingerprint density at radius 1 is 1.25 bits per heavy atom. The minimum absolute atomic E-state index is 0.0524. The van der Waals surface area contributed by atoms with Crippen LogP contribution < -0.4 is 16.7 Å². The maximum Gasteiger partial charge on any atom is 0.328 e. The van der Waals surface area contributed by atoms with E-state index in [-0.39, 0.29) is 17.4 Å². The van der Waals surface area contributed by atoms with E-state index in [1.54, 1.807) is 0 Å². The van der Waals surface area contributed by atoms with E-state index < -0.39 is 17.1 Å². The number of hydrazone groups is 1. The van der Waals surface area contributed by atoms with Gasteiger partial charge in [0, 0.05) is 5.92 Å². The molecule has 1 amide bonds. The van der Waals surface area contributed by atoms with Crippen LogP contribution >= 0.6 is 0 Å². The van der Waals surface area contributed by atoms with Crippen molar-refractivity contribution in [1.29, 1.82) is 0 Å². The van der Waals surface area contributed by atoms with Gasteiger partial charge in [-0.3, -0.25) is 19.6 Å². The van der Waals surface area contributed by atoms with Gasteiger partial charge >= 0.3 is 5.69 Å². The molecule has 0 aliphatic heterocycles. The Hall–Kier alpha value is -2.38. The summed E-state index contributed by atoms with van der Waals surface area (Å²) in [6, 6.07) is 0. The summed E-state index contributed by atoms with van der Waals surface area (Å²) in [7, 11) is 0. The molecule has 1 heterocycles. The molecule has 8 nitrogen and oxygen atoms in total. The molecule has 20 heavy (non-hydrogen) atoms. The maximum absolute atomic E-state index is 11.8. The van der Waals surface area contributed by atoms with E-state index in [1.165, 1.54) is 0 Å². The van der Waals surface area contributed by atoms with Crippen LogP contribution in [-0.2, 0) is 4.79 Å². The van der Waals surface area contributed by atoms with Crippen molar-refractivity contribution in [2.24, 2.45) is 11.0 Å². The van der Waals surface area contributed by atoms with E-state index in [9.17, 15) is 19.5 Å². The minimum Gasteiger partial charge on any atom is -0.494 e. The molecule has 0 spiro atoms. The molecule has 1 aliphatic carbocycles. The lowest BCUT2D eigenvalue weighted by atomic mass is 9.89. The Balaban J connectivity index is 2.01. The monoisotopic (exact) mass is 280 g/mol. The Kier molecular flexibility index (Phi) is 4.34. The van der Waals surface area contributed by atoms with Crippen LogP contribution in [0.4, 0.5) is 0 Å². The first-order chi connectivity index (χ1) is 9.58. The molecule has 0 aromatic carbocycles. The molecule has 108 valence electrons. The maximum atomic E-state index is 11.8. The second-order valence-corrected chi connectivity index (χ2v) is 4.74. The fraction of sp³-hybridized carbons (Fsp3) is 0.500. The highest BCUT2D eigenvalue weighted by Crippen LogP contribution is 2.23. The number of nitrogens with zero attached hydrogens (tertiary/aromatic N) is 1. The predicted molar refractivity (Wildman–Crippen MR) is 71.7 cm³/mol. The Morgan fingerprint density at radius 3 is 2.60 bits per heavy atom. The zero-order chi connectivity index (χ0) is 14.5. The van der Waals surface area contributed by atoms with Gasteiger partial charge in [-0.25, -0.2) is 10.2 Å². The molecule has 1 saturated carbocycles. The summed E-state index contributed by atoms with van der Waals surface area (Å²) >= 11 is 0. The van der Waals surface area contributed by atoms with Gasteiger partial charge in [-0.1, -0.05) is 19.3 Å². The summed E-state index contributed by atoms with van der Waals surface area (Å²) in [5.74, 6) is -0.834. The third-order valence-electron chi connectivity index (χ3n) is 3.30. The smallest absolute Gasteiger partial charge is 0.328 e. The van der Waals surface area contributed by atoms with Gasteiger partial charge in [-0.15, -0.1) is 0 Å². The zero-order valence-corrected chi connectivity index (χ0v) is 10.8. The molecule has 0 atom stereocenters. The average molecular weight is 280 g/mol. The fourth-order valence-corrected chi connectivity index (χ4v) is 2.22. The summed E-state index contributed by atoms with van der Waals surface area (Å²) in [5.41, 5.74) is 0.545. The first-order valence-electron chi connectivity index (χ1n) is 6.46. The van der Waals surface area contributed by atoms with Crippen molar-refractivity contribution >= 4 is 12.1 Å². The van der Waals surface area contributed by atoms with Crippen molar-refractivity contribution in [3.8, 4) is 5.88 Å². The summed E-state index contributed by atoms with van der Waals surface area (Å²) in [6.07, 6.45) is 5.89. The van der Waals surface area contributed by atoms with Crippen molar-refractivity contribution in [2.45, 2.75) is 32.1 Å². The Bertz CT molecular complexity index is 625. The van der Waals surface area contributed by atoms with Gasteiger partial charge in [0.05, 0.1) is 6.21 Å². The van der Waals surface area contributed by atoms with E-state index in [2.05, 4.69) is 10.5 Å². The number of hydrogen-bond acceptors (Lipinski definition) is 5. The minimum atomic E-state index is -0.809. The van der Waals surface area contributed by atoms with Crippen LogP contribution in [-0.4, -0.2) is 27.2 Å². The largest absolute Gasteiger partial charge is 0.494 e. The summed E-state index contributed by atoms with van der Waals surface area (Å²) in [5, 5.41) is 13.0. The van der Waals surface area contributed by atoms with Gasteiger partial charge < -0.3 is 5.11 Å². The van der Waals surface area contributed by atoms with Gasteiger partial charge in [0.2, 0.25) is 11.8 Å². The van der Waals surface area contributed by atoms with E-state index in [4.69, 9.17) is 0 Å². The van der Waals surface area contributed by atoms with E-state index in [0.29, 0.717) is 0 Å². The van der Waals surface area contributed by atoms with Gasteiger partial charge in [-0.05, 0) is 12.8 Å². The first-order valence-corrected chi connectivity index (χ1v) is 6.46. The molecule has 1 aromatic rings. The van der Waals surface area contributed by atoms with Gasteiger partial charge in [0.1, 0.15) is 5.56 Å². The Labute approximate surface area is 113 Å². The number of aromatic amines is 2. The van der Waals surface area contributed by atoms with Crippen LogP contribution in [0.25, 0.3) is 0 Å². The Morgan fingerprint density at radius 2 is 1.95 bits per heavy atom. The van der Waals surface area contributed by atoms with Gasteiger partial charge in [0.25, 0.3) is 5.56 Å². The number of aromatic hydroxyl groups is 1. The number of nitrogens with one attached hydrogen (secondary N) is 3. The number of carbonyl (C=O) groups is 1. The van der Waals surface area contributed by atoms with Gasteiger partial charge in [-0.2, -0.15) is 5.10 Å². The second kappa shape index (κ2) is 6.18. The van der Waals surface area contributed by atoms with Crippen LogP contribution in [0.2, 0.25) is 0 Å². The topological polar surface area (TPSA) is 127 Å². The van der Waals surface area contributed by atoms with Crippen molar-refractivity contribution in [1.82, 2.24) is 15.4 Å². The molecule has 0 radical (unpaired) electrons. The molecule has 1 aromatic heterocycles. The van der Waals surface area contributed by atoms with Crippen LogP contribution in [0.5, 0.6) is 5.88 Å². The van der Waals surface area contributed by atoms with E-state index in [0.717, 1.165) is 38.3 Å². The molecule has 0 bridgehead atoms. The lowest BCUT2D eigenvalue weighted by Gasteiger charge is -2.19. The highest BCUT2D eigenvalue weighted by molar-refractivity contribution is 5.84. The highest BCUT2D eigenvalue weighted by Gasteiger charge is 2.20. The molecule has 1 fully saturated rings. The molecule has 1 aliphatic rings. The average Bonchev–Trinajstić information content (AvgIpc) is 2.42. The third-order valence-corrected chi connectivity index (χ3v) is 3.30. The van der Waals surface area contributed by atoms with Crippen molar-refractivity contribution < 1.29 is 9.90 Å². The van der Waals surface area contributed by atoms with Crippen LogP contribution in [0.1, 0.15) is 37.7 Å². The third kappa shape index (κ3) is 3.34. The van der Waals surface area contributed by atoms with E-state index in [1.807, 2.05) is 9.97 Å². The molecule has 2 rings (SSSR count). The number of rotatable bonds is 3. The fourth-order valence-electron chi connectivity index (χ4n) is 2.22. The van der Waals surface area contributed by atoms with Crippen molar-refractivity contribution in [3.05, 3.63) is 26.4 Å². The highest BCUT2D eigenvalue weighted by atomic mass is 16.3. The van der Waals surface area contributed by atoms with Crippen LogP contribution in [0.15, 0.2) is 14.7 Å². The number of amides is 1. The molecule has 0 saturated heterocycles. The SMILES string of the molecule is O=C(NN=Cc1c(O)[nH]c(=O)[nH]c1=O)C1CCCCC1. The molecule has 8 heteroatoms. The lowest BCUT2D eigenvalue weighted by Crippen LogP contribution is -2.29. The molecule has 4 N–H and O–H groups in total. The van der Waals surface area contributed by atoms with Crippen molar-refractivity contribution in [3.63, 3.8) is 0 Å². The molecular formula is C12H16N4O4. The van der Waals surface area contributed by atoms with Gasteiger partial charge in [0.15, 0.2) is 0 Å². The normalized spacial score (nSPS) is 16.4. The number of carbonyl (C=O) groups excluding carboxylic acids is 1. The van der Waals surface area contributed by atoms with E-state index >= 15 is 0 Å². The predicted octanol–water partition coefficient (Wildman–Crippen LogP) is -0.201. The number of hydrogen-bond donors (Lipinski definition) is 4. The number of aromatic nitrogens is 2. The summed E-state index contributed by atoms with van der Waals surface area (Å²) in [6.45, 7) is 0. The lowest BCUT2D eigenvalue weighted by molar-refractivity contribution is -0.125. The van der Waals surface area contributed by atoms with Crippen molar-refractivity contribution in [2.75, 3.05) is 0 Å². The zero-order valence-electron chi connectivity index (χ0n) is 10.8. The summed E-state index contributed by atoms with van der Waals surface area (Å²) < 4.78 is 0.